The molecular formula is C14H26O3. The van der Waals surface area contributed by atoms with Gasteiger partial charge in [-0.2, -0.15) is 0 Å². The van der Waals surface area contributed by atoms with Crippen LogP contribution in [0.25, 0.3) is 0 Å². The van der Waals surface area contributed by atoms with Crippen LogP contribution in [0.4, 0.5) is 0 Å². The molecule has 2 unspecified atom stereocenters. The van der Waals surface area contributed by atoms with Crippen molar-refractivity contribution < 1.29 is 14.6 Å². The second kappa shape index (κ2) is 9.63. The first-order valence-electron chi connectivity index (χ1n) is 6.91. The standard InChI is InChI=1S/C14H26O3/c1-2-3-4-8-13(9-7-11-15)17-14-10-5-6-12-16-14/h7,9,13-15H,2-6,8,10-12H2,1H3/b9-7+. The average molecular weight is 242 g/mol. The maximum absolute atomic E-state index is 8.82. The SMILES string of the molecule is CCCCCC(/C=C/CO)OC1CCCCO1. The van der Waals surface area contributed by atoms with Crippen LogP contribution in [0.5, 0.6) is 0 Å². The summed E-state index contributed by atoms with van der Waals surface area (Å²) in [6, 6.07) is 0. The molecule has 0 radical (unpaired) electrons. The van der Waals surface area contributed by atoms with Crippen LogP contribution in [-0.4, -0.2) is 30.7 Å². The lowest BCUT2D eigenvalue weighted by Gasteiger charge is -2.26. The van der Waals surface area contributed by atoms with Gasteiger partial charge in [0.15, 0.2) is 6.29 Å². The summed E-state index contributed by atoms with van der Waals surface area (Å²) in [6.45, 7) is 3.10. The van der Waals surface area contributed by atoms with E-state index in [0.717, 1.165) is 25.9 Å². The van der Waals surface area contributed by atoms with Gasteiger partial charge in [-0.3, -0.25) is 0 Å². The Kier molecular flexibility index (Phi) is 8.32. The molecule has 1 heterocycles. The Morgan fingerprint density at radius 3 is 2.94 bits per heavy atom. The van der Waals surface area contributed by atoms with Crippen LogP contribution in [0, 0.1) is 0 Å². The van der Waals surface area contributed by atoms with E-state index in [9.17, 15) is 0 Å². The Balaban J connectivity index is 2.30. The zero-order valence-corrected chi connectivity index (χ0v) is 10.9. The quantitative estimate of drug-likeness (QED) is 0.525. The molecule has 0 aromatic rings. The van der Waals surface area contributed by atoms with Crippen LogP contribution in [0.1, 0.15) is 51.9 Å². The van der Waals surface area contributed by atoms with Crippen LogP contribution in [0.2, 0.25) is 0 Å². The number of ether oxygens (including phenoxy) is 2. The minimum atomic E-state index is -0.0429. The van der Waals surface area contributed by atoms with Crippen LogP contribution in [-0.2, 0) is 9.47 Å². The Bertz CT molecular complexity index is 198. The molecule has 0 aromatic carbocycles. The van der Waals surface area contributed by atoms with Crippen molar-refractivity contribution in [3.05, 3.63) is 12.2 Å². The van der Waals surface area contributed by atoms with Gasteiger partial charge in [-0.1, -0.05) is 38.3 Å². The van der Waals surface area contributed by atoms with Gasteiger partial charge in [0.25, 0.3) is 0 Å². The van der Waals surface area contributed by atoms with E-state index in [1.807, 2.05) is 6.08 Å². The maximum atomic E-state index is 8.82. The van der Waals surface area contributed by atoms with Gasteiger partial charge in [0.05, 0.1) is 12.7 Å². The van der Waals surface area contributed by atoms with Gasteiger partial charge in [0.2, 0.25) is 0 Å². The molecule has 1 aliphatic rings. The first-order chi connectivity index (χ1) is 8.36. The molecular weight excluding hydrogens is 216 g/mol. The summed E-state index contributed by atoms with van der Waals surface area (Å²) in [6.07, 6.45) is 11.8. The molecule has 1 aliphatic heterocycles. The first-order valence-corrected chi connectivity index (χ1v) is 6.91. The van der Waals surface area contributed by atoms with E-state index < -0.39 is 0 Å². The second-order valence-corrected chi connectivity index (χ2v) is 4.58. The van der Waals surface area contributed by atoms with Crippen molar-refractivity contribution in [3.63, 3.8) is 0 Å². The third kappa shape index (κ3) is 6.81. The van der Waals surface area contributed by atoms with Gasteiger partial charge in [-0.15, -0.1) is 0 Å². The molecule has 1 rings (SSSR count). The fourth-order valence-corrected chi connectivity index (χ4v) is 2.03. The third-order valence-corrected chi connectivity index (χ3v) is 3.01. The molecule has 0 aromatic heterocycles. The summed E-state index contributed by atoms with van der Waals surface area (Å²) in [5.41, 5.74) is 0. The van der Waals surface area contributed by atoms with Gasteiger partial charge in [0.1, 0.15) is 0 Å². The molecule has 100 valence electrons. The minimum Gasteiger partial charge on any atom is -0.392 e. The highest BCUT2D eigenvalue weighted by atomic mass is 16.7. The molecule has 1 fully saturated rings. The summed E-state index contributed by atoms with van der Waals surface area (Å²) in [4.78, 5) is 0. The van der Waals surface area contributed by atoms with Gasteiger partial charge in [-0.25, -0.2) is 0 Å². The minimum absolute atomic E-state index is 0.0429. The van der Waals surface area contributed by atoms with E-state index in [1.165, 1.54) is 25.7 Å². The lowest BCUT2D eigenvalue weighted by atomic mass is 10.1. The molecule has 1 N–H and O–H groups in total. The Morgan fingerprint density at radius 1 is 1.41 bits per heavy atom. The lowest BCUT2D eigenvalue weighted by Crippen LogP contribution is -2.27. The molecule has 0 aliphatic carbocycles. The van der Waals surface area contributed by atoms with Crippen molar-refractivity contribution in [3.8, 4) is 0 Å². The number of hydrogen-bond acceptors (Lipinski definition) is 3. The lowest BCUT2D eigenvalue weighted by molar-refractivity contribution is -0.179. The third-order valence-electron chi connectivity index (χ3n) is 3.01. The maximum Gasteiger partial charge on any atom is 0.158 e. The smallest absolute Gasteiger partial charge is 0.158 e. The fourth-order valence-electron chi connectivity index (χ4n) is 2.03. The number of aliphatic hydroxyl groups is 1. The highest BCUT2D eigenvalue weighted by molar-refractivity contribution is 4.89. The topological polar surface area (TPSA) is 38.7 Å². The highest BCUT2D eigenvalue weighted by Gasteiger charge is 2.17. The predicted molar refractivity (Wildman–Crippen MR) is 68.8 cm³/mol. The molecule has 0 saturated carbocycles. The molecule has 3 heteroatoms. The average Bonchev–Trinajstić information content (AvgIpc) is 2.37. The summed E-state index contributed by atoms with van der Waals surface area (Å²) < 4.78 is 11.5. The predicted octanol–water partition coefficient (Wildman–Crippen LogP) is 3.03. The zero-order chi connectivity index (χ0) is 12.3. The van der Waals surface area contributed by atoms with E-state index in [0.29, 0.717) is 0 Å². The Hall–Kier alpha value is -0.380. The summed E-state index contributed by atoms with van der Waals surface area (Å²) in [5.74, 6) is 0. The van der Waals surface area contributed by atoms with E-state index in [-0.39, 0.29) is 19.0 Å². The molecule has 2 atom stereocenters. The van der Waals surface area contributed by atoms with Gasteiger partial charge < -0.3 is 14.6 Å². The molecule has 0 spiro atoms. The van der Waals surface area contributed by atoms with Crippen molar-refractivity contribution in [2.45, 2.75) is 64.3 Å². The first kappa shape index (κ1) is 14.7. The van der Waals surface area contributed by atoms with E-state index in [4.69, 9.17) is 14.6 Å². The Morgan fingerprint density at radius 2 is 2.29 bits per heavy atom. The van der Waals surface area contributed by atoms with Crippen molar-refractivity contribution in [1.29, 1.82) is 0 Å². The number of aliphatic hydroxyl groups excluding tert-OH is 1. The molecule has 17 heavy (non-hydrogen) atoms. The van der Waals surface area contributed by atoms with Crippen LogP contribution >= 0.6 is 0 Å². The van der Waals surface area contributed by atoms with E-state index in [2.05, 4.69) is 6.92 Å². The van der Waals surface area contributed by atoms with E-state index in [1.54, 1.807) is 6.08 Å². The summed E-state index contributed by atoms with van der Waals surface area (Å²) in [7, 11) is 0. The van der Waals surface area contributed by atoms with Crippen LogP contribution < -0.4 is 0 Å². The molecule has 1 saturated heterocycles. The number of rotatable bonds is 8. The summed E-state index contributed by atoms with van der Waals surface area (Å²) in [5, 5.41) is 8.82. The van der Waals surface area contributed by atoms with Gasteiger partial charge in [-0.05, 0) is 25.7 Å². The van der Waals surface area contributed by atoms with Crippen molar-refractivity contribution in [1.82, 2.24) is 0 Å². The molecule has 0 amide bonds. The number of hydrogen-bond donors (Lipinski definition) is 1. The highest BCUT2D eigenvalue weighted by Crippen LogP contribution is 2.18. The van der Waals surface area contributed by atoms with Crippen molar-refractivity contribution in [2.75, 3.05) is 13.2 Å². The largest absolute Gasteiger partial charge is 0.392 e. The van der Waals surface area contributed by atoms with E-state index >= 15 is 0 Å². The van der Waals surface area contributed by atoms with Crippen molar-refractivity contribution >= 4 is 0 Å². The summed E-state index contributed by atoms with van der Waals surface area (Å²) >= 11 is 0. The molecule has 0 bridgehead atoms. The van der Waals surface area contributed by atoms with Gasteiger partial charge in [0, 0.05) is 6.61 Å². The molecule has 3 nitrogen and oxygen atoms in total. The van der Waals surface area contributed by atoms with Gasteiger partial charge >= 0.3 is 0 Å². The Labute approximate surface area is 105 Å². The number of unbranched alkanes of at least 4 members (excludes halogenated alkanes) is 2. The normalized spacial score (nSPS) is 23.1. The van der Waals surface area contributed by atoms with Crippen LogP contribution in [0.15, 0.2) is 12.2 Å². The monoisotopic (exact) mass is 242 g/mol. The fraction of sp³-hybridized carbons (Fsp3) is 0.857. The van der Waals surface area contributed by atoms with Crippen molar-refractivity contribution in [2.24, 2.45) is 0 Å². The zero-order valence-electron chi connectivity index (χ0n) is 10.9. The second-order valence-electron chi connectivity index (χ2n) is 4.58. The van der Waals surface area contributed by atoms with Crippen LogP contribution in [0.3, 0.4) is 0 Å².